The Bertz CT molecular complexity index is 1120. The zero-order chi connectivity index (χ0) is 23.9. The molecule has 3 heterocycles. The van der Waals surface area contributed by atoms with E-state index >= 15 is 0 Å². The summed E-state index contributed by atoms with van der Waals surface area (Å²) in [6.07, 6.45) is 0.437. The highest BCUT2D eigenvalue weighted by atomic mass is 19.1. The molecular formula is C25H26FN3O5. The SMILES string of the molecule is C[C@]1(C2CCN(C(=O)[C@H]3COc4ccccc4O3)CC2)NC(=O)N(Cc2ccc(F)cc2)C1=O. The molecule has 2 atom stereocenters. The third kappa shape index (κ3) is 3.95. The molecule has 9 heteroatoms. The Kier molecular flexibility index (Phi) is 5.63. The summed E-state index contributed by atoms with van der Waals surface area (Å²) in [5, 5.41) is 2.87. The van der Waals surface area contributed by atoms with Crippen molar-refractivity contribution in [2.45, 2.75) is 38.0 Å². The molecule has 5 rings (SSSR count). The molecule has 2 fully saturated rings. The fourth-order valence-corrected chi connectivity index (χ4v) is 4.93. The van der Waals surface area contributed by atoms with E-state index in [1.54, 1.807) is 36.1 Å². The molecule has 178 valence electrons. The summed E-state index contributed by atoms with van der Waals surface area (Å²) < 4.78 is 24.7. The van der Waals surface area contributed by atoms with Crippen molar-refractivity contribution in [3.05, 3.63) is 59.9 Å². The van der Waals surface area contributed by atoms with Gasteiger partial charge in [0.05, 0.1) is 6.54 Å². The Labute approximate surface area is 196 Å². The van der Waals surface area contributed by atoms with Crippen LogP contribution in [0.2, 0.25) is 0 Å². The number of benzene rings is 2. The molecule has 34 heavy (non-hydrogen) atoms. The van der Waals surface area contributed by atoms with Gasteiger partial charge in [0.25, 0.3) is 11.8 Å². The molecule has 3 aliphatic heterocycles. The number of halogens is 1. The molecule has 0 radical (unpaired) electrons. The minimum Gasteiger partial charge on any atom is -0.485 e. The smallest absolute Gasteiger partial charge is 0.325 e. The molecule has 0 unspecified atom stereocenters. The number of imide groups is 1. The first-order valence-corrected chi connectivity index (χ1v) is 11.4. The van der Waals surface area contributed by atoms with E-state index in [2.05, 4.69) is 5.32 Å². The summed E-state index contributed by atoms with van der Waals surface area (Å²) in [5.74, 6) is 0.246. The van der Waals surface area contributed by atoms with Crippen LogP contribution in [0.25, 0.3) is 0 Å². The molecule has 2 aromatic rings. The van der Waals surface area contributed by atoms with Crippen molar-refractivity contribution >= 4 is 17.8 Å². The van der Waals surface area contributed by atoms with E-state index in [0.717, 1.165) is 0 Å². The lowest BCUT2D eigenvalue weighted by Crippen LogP contribution is -2.56. The van der Waals surface area contributed by atoms with Gasteiger partial charge < -0.3 is 19.7 Å². The molecule has 0 bridgehead atoms. The Morgan fingerprint density at radius 2 is 1.76 bits per heavy atom. The van der Waals surface area contributed by atoms with Gasteiger partial charge in [-0.05, 0) is 55.5 Å². The lowest BCUT2D eigenvalue weighted by Gasteiger charge is -2.40. The summed E-state index contributed by atoms with van der Waals surface area (Å²) in [4.78, 5) is 41.8. The van der Waals surface area contributed by atoms with Gasteiger partial charge in [-0.2, -0.15) is 0 Å². The van der Waals surface area contributed by atoms with Crippen LogP contribution in [0.3, 0.4) is 0 Å². The predicted octanol–water partition coefficient (Wildman–Crippen LogP) is 2.71. The van der Waals surface area contributed by atoms with E-state index in [1.807, 2.05) is 12.1 Å². The molecule has 8 nitrogen and oxygen atoms in total. The van der Waals surface area contributed by atoms with Crippen molar-refractivity contribution in [1.82, 2.24) is 15.1 Å². The zero-order valence-electron chi connectivity index (χ0n) is 18.8. The van der Waals surface area contributed by atoms with Crippen LogP contribution < -0.4 is 14.8 Å². The van der Waals surface area contributed by atoms with Gasteiger partial charge in [-0.1, -0.05) is 24.3 Å². The van der Waals surface area contributed by atoms with E-state index in [4.69, 9.17) is 9.47 Å². The van der Waals surface area contributed by atoms with Crippen LogP contribution in [-0.2, 0) is 16.1 Å². The van der Waals surface area contributed by atoms with Gasteiger partial charge in [-0.25, -0.2) is 9.18 Å². The molecule has 1 N–H and O–H groups in total. The van der Waals surface area contributed by atoms with E-state index in [0.29, 0.717) is 43.0 Å². The maximum Gasteiger partial charge on any atom is 0.325 e. The third-order valence-electron chi connectivity index (χ3n) is 6.96. The molecule has 0 aliphatic carbocycles. The number of carbonyl (C=O) groups is 3. The predicted molar refractivity (Wildman–Crippen MR) is 120 cm³/mol. The largest absolute Gasteiger partial charge is 0.485 e. The molecule has 4 amide bonds. The number of carbonyl (C=O) groups excluding carboxylic acids is 3. The quantitative estimate of drug-likeness (QED) is 0.699. The third-order valence-corrected chi connectivity index (χ3v) is 6.96. The number of hydrogen-bond donors (Lipinski definition) is 1. The summed E-state index contributed by atoms with van der Waals surface area (Å²) in [6.45, 7) is 2.90. The van der Waals surface area contributed by atoms with E-state index in [9.17, 15) is 18.8 Å². The topological polar surface area (TPSA) is 88.2 Å². The number of rotatable bonds is 4. The molecular weight excluding hydrogens is 441 g/mol. The monoisotopic (exact) mass is 467 g/mol. The summed E-state index contributed by atoms with van der Waals surface area (Å²) in [5.41, 5.74) is -0.374. The number of nitrogens with zero attached hydrogens (tertiary/aromatic N) is 2. The van der Waals surface area contributed by atoms with Crippen molar-refractivity contribution in [3.8, 4) is 11.5 Å². The Morgan fingerprint density at radius 3 is 2.47 bits per heavy atom. The second-order valence-corrected chi connectivity index (χ2v) is 9.11. The first-order valence-electron chi connectivity index (χ1n) is 11.4. The summed E-state index contributed by atoms with van der Waals surface area (Å²) in [6, 6.07) is 12.5. The van der Waals surface area contributed by atoms with Gasteiger partial charge in [0.15, 0.2) is 11.5 Å². The fraction of sp³-hybridized carbons (Fsp3) is 0.400. The Balaban J connectivity index is 1.20. The van der Waals surface area contributed by atoms with Crippen molar-refractivity contribution in [3.63, 3.8) is 0 Å². The molecule has 0 aromatic heterocycles. The van der Waals surface area contributed by atoms with Gasteiger partial charge >= 0.3 is 6.03 Å². The number of piperidine rings is 1. The minimum absolute atomic E-state index is 0.0817. The number of hydrogen-bond acceptors (Lipinski definition) is 5. The van der Waals surface area contributed by atoms with Crippen LogP contribution in [0.5, 0.6) is 11.5 Å². The lowest BCUT2D eigenvalue weighted by molar-refractivity contribution is -0.143. The summed E-state index contributed by atoms with van der Waals surface area (Å²) in [7, 11) is 0. The highest BCUT2D eigenvalue weighted by Crippen LogP contribution is 2.35. The van der Waals surface area contributed by atoms with Gasteiger partial charge in [0.1, 0.15) is 18.0 Å². The average molecular weight is 467 g/mol. The fourth-order valence-electron chi connectivity index (χ4n) is 4.93. The van der Waals surface area contributed by atoms with E-state index in [1.165, 1.54) is 17.0 Å². The normalized spacial score (nSPS) is 24.8. The van der Waals surface area contributed by atoms with Crippen molar-refractivity contribution in [2.24, 2.45) is 5.92 Å². The van der Waals surface area contributed by atoms with E-state index < -0.39 is 17.7 Å². The number of ether oxygens (including phenoxy) is 2. The van der Waals surface area contributed by atoms with Crippen LogP contribution in [0, 0.1) is 11.7 Å². The average Bonchev–Trinajstić information content (AvgIpc) is 3.08. The van der Waals surface area contributed by atoms with Crippen molar-refractivity contribution < 1.29 is 28.2 Å². The zero-order valence-corrected chi connectivity index (χ0v) is 18.8. The highest BCUT2D eigenvalue weighted by molar-refractivity contribution is 6.07. The first kappa shape index (κ1) is 22.2. The van der Waals surface area contributed by atoms with Crippen LogP contribution in [0.4, 0.5) is 9.18 Å². The number of amides is 4. The van der Waals surface area contributed by atoms with E-state index in [-0.39, 0.29) is 36.7 Å². The number of fused-ring (bicyclic) bond motifs is 1. The Hall–Kier alpha value is -3.62. The second kappa shape index (κ2) is 8.62. The van der Waals surface area contributed by atoms with Crippen LogP contribution in [0.1, 0.15) is 25.3 Å². The number of urea groups is 1. The molecule has 0 saturated carbocycles. The molecule has 2 saturated heterocycles. The lowest BCUT2D eigenvalue weighted by atomic mass is 9.78. The van der Waals surface area contributed by atoms with Crippen LogP contribution in [0.15, 0.2) is 48.5 Å². The molecule has 2 aromatic carbocycles. The molecule has 3 aliphatic rings. The first-order chi connectivity index (χ1) is 16.3. The van der Waals surface area contributed by atoms with Crippen molar-refractivity contribution in [1.29, 1.82) is 0 Å². The maximum atomic E-state index is 13.2. The van der Waals surface area contributed by atoms with Gasteiger partial charge in [-0.15, -0.1) is 0 Å². The van der Waals surface area contributed by atoms with Crippen molar-refractivity contribution in [2.75, 3.05) is 19.7 Å². The highest BCUT2D eigenvalue weighted by Gasteiger charge is 2.53. The second-order valence-electron chi connectivity index (χ2n) is 9.11. The Morgan fingerprint density at radius 1 is 1.09 bits per heavy atom. The van der Waals surface area contributed by atoms with Gasteiger partial charge in [0, 0.05) is 13.1 Å². The standard InChI is InChI=1S/C25H26FN3O5/c1-25(23(31)29(24(32)27-25)14-16-6-8-18(26)9-7-16)17-10-12-28(13-11-17)22(30)21-15-33-19-4-2-3-5-20(19)34-21/h2-9,17,21H,10-15H2,1H3,(H,27,32)/t21-,25-/m1/s1. The van der Waals surface area contributed by atoms with Gasteiger partial charge in [0.2, 0.25) is 6.10 Å². The summed E-state index contributed by atoms with van der Waals surface area (Å²) >= 11 is 0. The van der Waals surface area contributed by atoms with Crippen LogP contribution >= 0.6 is 0 Å². The molecule has 0 spiro atoms. The van der Waals surface area contributed by atoms with Crippen LogP contribution in [-0.4, -0.2) is 59.0 Å². The maximum absolute atomic E-state index is 13.2. The minimum atomic E-state index is -1.05. The number of nitrogens with one attached hydrogen (secondary N) is 1. The van der Waals surface area contributed by atoms with Gasteiger partial charge in [-0.3, -0.25) is 14.5 Å². The number of likely N-dealkylation sites (tertiary alicyclic amines) is 1. The number of para-hydroxylation sites is 2.